The summed E-state index contributed by atoms with van der Waals surface area (Å²) >= 11 is 0. The van der Waals surface area contributed by atoms with Crippen LogP contribution >= 0.6 is 0 Å². The van der Waals surface area contributed by atoms with Crippen LogP contribution in [0.4, 0.5) is 4.79 Å². The molecule has 0 aromatic heterocycles. The minimum absolute atomic E-state index is 0.00238. The summed E-state index contributed by atoms with van der Waals surface area (Å²) in [5, 5.41) is 14.0. The number of carboxylic acid groups (broad SMARTS) is 1. The summed E-state index contributed by atoms with van der Waals surface area (Å²) in [6.45, 7) is 0.938. The molecule has 0 radical (unpaired) electrons. The van der Waals surface area contributed by atoms with Gasteiger partial charge in [-0.2, -0.15) is 0 Å². The second-order valence-electron chi connectivity index (χ2n) is 7.56. The number of benzene rings is 2. The Bertz CT molecular complexity index is 882. The van der Waals surface area contributed by atoms with E-state index >= 15 is 0 Å². The fourth-order valence-corrected chi connectivity index (χ4v) is 3.82. The molecule has 0 heterocycles. The molecule has 0 bridgehead atoms. The number of nitrogens with one attached hydrogen (secondary N) is 2. The molecule has 0 fully saturated rings. The largest absolute Gasteiger partial charge is 0.481 e. The summed E-state index contributed by atoms with van der Waals surface area (Å²) < 4.78 is 5.44. The van der Waals surface area contributed by atoms with Crippen molar-refractivity contribution in [2.45, 2.75) is 38.0 Å². The maximum Gasteiger partial charge on any atom is 0.407 e. The molecular weight excluding hydrogens is 396 g/mol. The zero-order chi connectivity index (χ0) is 22.1. The molecule has 0 saturated heterocycles. The lowest BCUT2D eigenvalue weighted by molar-refractivity contribution is -0.137. The number of carbonyl (C=O) groups is 3. The van der Waals surface area contributed by atoms with Crippen molar-refractivity contribution < 1.29 is 24.2 Å². The van der Waals surface area contributed by atoms with Crippen molar-refractivity contribution in [1.29, 1.82) is 0 Å². The van der Waals surface area contributed by atoms with E-state index in [0.29, 0.717) is 13.0 Å². The highest BCUT2D eigenvalue weighted by atomic mass is 16.5. The van der Waals surface area contributed by atoms with Crippen molar-refractivity contribution in [2.24, 2.45) is 0 Å². The lowest BCUT2D eigenvalue weighted by atomic mass is 9.98. The van der Waals surface area contributed by atoms with E-state index in [2.05, 4.69) is 34.9 Å². The number of fused-ring (bicyclic) bond motifs is 3. The van der Waals surface area contributed by atoms with E-state index in [-0.39, 0.29) is 37.8 Å². The van der Waals surface area contributed by atoms with Gasteiger partial charge in [0, 0.05) is 31.8 Å². The lowest BCUT2D eigenvalue weighted by Gasteiger charge is -2.14. The Morgan fingerprint density at radius 1 is 0.806 bits per heavy atom. The normalized spacial score (nSPS) is 12.0. The van der Waals surface area contributed by atoms with E-state index in [9.17, 15) is 14.4 Å². The van der Waals surface area contributed by atoms with Crippen molar-refractivity contribution in [3.05, 3.63) is 59.7 Å². The molecule has 1 aliphatic carbocycles. The molecule has 1 aliphatic rings. The minimum Gasteiger partial charge on any atom is -0.481 e. The van der Waals surface area contributed by atoms with Crippen LogP contribution in [-0.4, -0.2) is 42.8 Å². The summed E-state index contributed by atoms with van der Waals surface area (Å²) in [6, 6.07) is 16.3. The summed E-state index contributed by atoms with van der Waals surface area (Å²) in [6.07, 6.45) is 1.87. The van der Waals surface area contributed by atoms with Gasteiger partial charge in [0.05, 0.1) is 0 Å². The molecule has 3 rings (SSSR count). The fourth-order valence-electron chi connectivity index (χ4n) is 3.82. The van der Waals surface area contributed by atoms with Crippen LogP contribution in [0.15, 0.2) is 48.5 Å². The molecule has 7 nitrogen and oxygen atoms in total. The summed E-state index contributed by atoms with van der Waals surface area (Å²) in [7, 11) is 0. The predicted molar refractivity (Wildman–Crippen MR) is 117 cm³/mol. The molecule has 0 aliphatic heterocycles. The highest BCUT2D eigenvalue weighted by Gasteiger charge is 2.28. The Morgan fingerprint density at radius 3 is 2.10 bits per heavy atom. The molecule has 2 aromatic rings. The SMILES string of the molecule is O=C(O)CCCCCNC(=O)CCNC(=O)OCC1c2ccccc2-c2ccccc21. The van der Waals surface area contributed by atoms with Crippen LogP contribution in [-0.2, 0) is 14.3 Å². The molecule has 2 aromatic carbocycles. The van der Waals surface area contributed by atoms with E-state index in [1.54, 1.807) is 0 Å². The van der Waals surface area contributed by atoms with Gasteiger partial charge in [-0.15, -0.1) is 0 Å². The smallest absolute Gasteiger partial charge is 0.407 e. The second-order valence-corrected chi connectivity index (χ2v) is 7.56. The Labute approximate surface area is 181 Å². The molecule has 164 valence electrons. The third-order valence-corrected chi connectivity index (χ3v) is 5.35. The van der Waals surface area contributed by atoms with E-state index < -0.39 is 12.1 Å². The number of hydrogen-bond donors (Lipinski definition) is 3. The first-order chi connectivity index (χ1) is 15.1. The number of rotatable bonds is 11. The maximum absolute atomic E-state index is 12.1. The van der Waals surface area contributed by atoms with Gasteiger partial charge in [0.1, 0.15) is 6.61 Å². The Balaban J connectivity index is 1.35. The number of hydrogen-bond acceptors (Lipinski definition) is 4. The van der Waals surface area contributed by atoms with Gasteiger partial charge in [0.15, 0.2) is 0 Å². The number of carbonyl (C=O) groups excluding carboxylic acids is 2. The van der Waals surface area contributed by atoms with Crippen molar-refractivity contribution in [3.63, 3.8) is 0 Å². The quantitative estimate of drug-likeness (QED) is 0.477. The Hall–Kier alpha value is -3.35. The van der Waals surface area contributed by atoms with Crippen LogP contribution in [0.2, 0.25) is 0 Å². The van der Waals surface area contributed by atoms with Crippen LogP contribution in [0.1, 0.15) is 49.1 Å². The number of unbranched alkanes of at least 4 members (excludes halogenated alkanes) is 2. The maximum atomic E-state index is 12.1. The molecule has 2 amide bonds. The standard InChI is InChI=1S/C24H28N2O5/c27-22(25-14-7-1-2-12-23(28)29)13-15-26-24(30)31-16-21-19-10-5-3-8-17(19)18-9-4-6-11-20(18)21/h3-6,8-11,21H,1-2,7,12-16H2,(H,25,27)(H,26,30)(H,28,29). The number of amides is 2. The number of alkyl carbamates (subject to hydrolysis) is 1. The highest BCUT2D eigenvalue weighted by molar-refractivity contribution is 5.79. The molecule has 31 heavy (non-hydrogen) atoms. The molecule has 0 unspecified atom stereocenters. The zero-order valence-electron chi connectivity index (χ0n) is 17.4. The van der Waals surface area contributed by atoms with Crippen molar-refractivity contribution in [3.8, 4) is 11.1 Å². The minimum atomic E-state index is -0.802. The van der Waals surface area contributed by atoms with Gasteiger partial charge in [-0.05, 0) is 35.1 Å². The first-order valence-corrected chi connectivity index (χ1v) is 10.6. The van der Waals surface area contributed by atoms with Crippen LogP contribution < -0.4 is 10.6 Å². The summed E-state index contributed by atoms with van der Waals surface area (Å²) in [5.41, 5.74) is 4.65. The number of carboxylic acids is 1. The summed E-state index contributed by atoms with van der Waals surface area (Å²) in [5.74, 6) is -0.955. The molecule has 0 saturated carbocycles. The van der Waals surface area contributed by atoms with Gasteiger partial charge < -0.3 is 20.5 Å². The van der Waals surface area contributed by atoms with Crippen LogP contribution in [0, 0.1) is 0 Å². The second kappa shape index (κ2) is 11.2. The number of aliphatic carboxylic acids is 1. The van der Waals surface area contributed by atoms with Crippen LogP contribution in [0.25, 0.3) is 11.1 Å². The van der Waals surface area contributed by atoms with Crippen LogP contribution in [0.3, 0.4) is 0 Å². The third kappa shape index (κ3) is 6.31. The molecule has 0 spiro atoms. The van der Waals surface area contributed by atoms with E-state index in [1.165, 1.54) is 11.1 Å². The van der Waals surface area contributed by atoms with Crippen molar-refractivity contribution in [1.82, 2.24) is 10.6 Å². The van der Waals surface area contributed by atoms with Gasteiger partial charge in [-0.25, -0.2) is 4.79 Å². The number of ether oxygens (including phenoxy) is 1. The van der Waals surface area contributed by atoms with E-state index in [4.69, 9.17) is 9.84 Å². The third-order valence-electron chi connectivity index (χ3n) is 5.35. The summed E-state index contributed by atoms with van der Waals surface area (Å²) in [4.78, 5) is 34.3. The van der Waals surface area contributed by atoms with E-state index in [1.807, 2.05) is 24.3 Å². The zero-order valence-corrected chi connectivity index (χ0v) is 17.4. The van der Waals surface area contributed by atoms with Crippen molar-refractivity contribution in [2.75, 3.05) is 19.7 Å². The molecule has 7 heteroatoms. The molecular formula is C24H28N2O5. The molecule has 3 N–H and O–H groups in total. The Morgan fingerprint density at radius 2 is 1.45 bits per heavy atom. The van der Waals surface area contributed by atoms with Gasteiger partial charge in [0.25, 0.3) is 0 Å². The van der Waals surface area contributed by atoms with Gasteiger partial charge >= 0.3 is 12.1 Å². The average molecular weight is 424 g/mol. The lowest BCUT2D eigenvalue weighted by Crippen LogP contribution is -2.32. The first kappa shape index (κ1) is 22.3. The van der Waals surface area contributed by atoms with Gasteiger partial charge in [0.2, 0.25) is 5.91 Å². The van der Waals surface area contributed by atoms with Gasteiger partial charge in [-0.3, -0.25) is 9.59 Å². The Kier molecular flexibility index (Phi) is 8.04. The fraction of sp³-hybridized carbons (Fsp3) is 0.375. The van der Waals surface area contributed by atoms with Gasteiger partial charge in [-0.1, -0.05) is 55.0 Å². The highest BCUT2D eigenvalue weighted by Crippen LogP contribution is 2.44. The van der Waals surface area contributed by atoms with Crippen molar-refractivity contribution >= 4 is 18.0 Å². The predicted octanol–water partition coefficient (Wildman–Crippen LogP) is 3.68. The van der Waals surface area contributed by atoms with E-state index in [0.717, 1.165) is 24.0 Å². The van der Waals surface area contributed by atoms with Crippen LogP contribution in [0.5, 0.6) is 0 Å². The molecule has 0 atom stereocenters. The monoisotopic (exact) mass is 424 g/mol. The average Bonchev–Trinajstić information content (AvgIpc) is 3.08. The topological polar surface area (TPSA) is 105 Å². The first-order valence-electron chi connectivity index (χ1n) is 10.6.